The van der Waals surface area contributed by atoms with Gasteiger partial charge in [0.2, 0.25) is 0 Å². The van der Waals surface area contributed by atoms with E-state index < -0.39 is 0 Å². The van der Waals surface area contributed by atoms with E-state index in [4.69, 9.17) is 0 Å². The van der Waals surface area contributed by atoms with Crippen LogP contribution >= 0.6 is 0 Å². The zero-order valence-corrected chi connectivity index (χ0v) is 6.96. The summed E-state index contributed by atoms with van der Waals surface area (Å²) in [6.45, 7) is 3.68. The average molecular weight is 164 g/mol. The minimum atomic E-state index is 0.217. The van der Waals surface area contributed by atoms with Crippen molar-refractivity contribution in [3.63, 3.8) is 0 Å². The maximum Gasteiger partial charge on any atom is 0.139 e. The molecule has 1 aromatic carbocycles. The summed E-state index contributed by atoms with van der Waals surface area (Å²) in [6.07, 6.45) is 0. The summed E-state index contributed by atoms with van der Waals surface area (Å²) in [5, 5.41) is 15.1. The van der Waals surface area contributed by atoms with E-state index in [1.807, 2.05) is 6.07 Å². The second kappa shape index (κ2) is 3.67. The fourth-order valence-corrected chi connectivity index (χ4v) is 0.804. The van der Waals surface area contributed by atoms with Crippen LogP contribution in [0.5, 0.6) is 5.75 Å². The Morgan fingerprint density at radius 1 is 1.42 bits per heavy atom. The largest absolute Gasteiger partial charge is 0.506 e. The number of rotatable bonds is 3. The van der Waals surface area contributed by atoms with Crippen LogP contribution in [0, 0.1) is 0 Å². The van der Waals surface area contributed by atoms with Gasteiger partial charge in [-0.25, -0.2) is 0 Å². The molecule has 0 fully saturated rings. The Morgan fingerprint density at radius 2 is 2.08 bits per heavy atom. The lowest BCUT2D eigenvalue weighted by Gasteiger charge is -2.09. The van der Waals surface area contributed by atoms with Crippen LogP contribution in [0.2, 0.25) is 0 Å². The minimum Gasteiger partial charge on any atom is -0.506 e. The summed E-state index contributed by atoms with van der Waals surface area (Å²) in [5.41, 5.74) is 0.650. The van der Waals surface area contributed by atoms with Crippen molar-refractivity contribution in [1.29, 1.82) is 0 Å². The summed E-state index contributed by atoms with van der Waals surface area (Å²) < 4.78 is 0. The molecule has 3 heteroatoms. The fraction of sp³-hybridized carbons (Fsp3) is 0.111. The van der Waals surface area contributed by atoms with Gasteiger partial charge in [0.15, 0.2) is 0 Å². The van der Waals surface area contributed by atoms with Crippen molar-refractivity contribution in [3.05, 3.63) is 36.7 Å². The van der Waals surface area contributed by atoms with Gasteiger partial charge in [-0.15, -0.1) is 0 Å². The van der Waals surface area contributed by atoms with Crippen LogP contribution in [0.25, 0.3) is 0 Å². The lowest BCUT2D eigenvalue weighted by molar-refractivity contribution is 0.477. The number of para-hydroxylation sites is 2. The molecule has 0 radical (unpaired) electrons. The van der Waals surface area contributed by atoms with E-state index in [0.29, 0.717) is 11.5 Å². The molecule has 0 unspecified atom stereocenters. The highest BCUT2D eigenvalue weighted by molar-refractivity contribution is 5.57. The van der Waals surface area contributed by atoms with E-state index in [-0.39, 0.29) is 5.75 Å². The Morgan fingerprint density at radius 3 is 2.67 bits per heavy atom. The van der Waals surface area contributed by atoms with Crippen molar-refractivity contribution in [3.8, 4) is 5.75 Å². The van der Waals surface area contributed by atoms with E-state index >= 15 is 0 Å². The smallest absolute Gasteiger partial charge is 0.139 e. The van der Waals surface area contributed by atoms with E-state index in [1.165, 1.54) is 0 Å². The number of anilines is 1. The van der Waals surface area contributed by atoms with Gasteiger partial charge < -0.3 is 15.7 Å². The first kappa shape index (κ1) is 8.46. The number of benzene rings is 1. The highest BCUT2D eigenvalue weighted by atomic mass is 16.3. The third-order valence-corrected chi connectivity index (χ3v) is 1.49. The van der Waals surface area contributed by atoms with Crippen LogP contribution in [-0.2, 0) is 0 Å². The Balaban J connectivity index is 2.75. The van der Waals surface area contributed by atoms with Crippen LogP contribution in [0.1, 0.15) is 0 Å². The van der Waals surface area contributed by atoms with Gasteiger partial charge in [0.05, 0.1) is 11.5 Å². The molecule has 0 spiro atoms. The van der Waals surface area contributed by atoms with Crippen LogP contribution in [-0.4, -0.2) is 12.2 Å². The first-order valence-electron chi connectivity index (χ1n) is 3.65. The van der Waals surface area contributed by atoms with Crippen molar-refractivity contribution in [2.45, 2.75) is 0 Å². The van der Waals surface area contributed by atoms with Gasteiger partial charge in [0.25, 0.3) is 0 Å². The van der Waals surface area contributed by atoms with Crippen LogP contribution in [0.3, 0.4) is 0 Å². The Bertz CT molecular complexity index is 284. The third-order valence-electron chi connectivity index (χ3n) is 1.49. The molecular formula is C9H12N2O. The quantitative estimate of drug-likeness (QED) is 0.593. The molecule has 0 saturated carbocycles. The molecule has 64 valence electrons. The molecule has 1 aromatic rings. The number of nitrogens with one attached hydrogen (secondary N) is 2. The molecule has 0 aliphatic rings. The van der Waals surface area contributed by atoms with Gasteiger partial charge in [-0.3, -0.25) is 0 Å². The van der Waals surface area contributed by atoms with E-state index in [9.17, 15) is 5.11 Å². The minimum absolute atomic E-state index is 0.217. The Hall–Kier alpha value is -1.64. The van der Waals surface area contributed by atoms with Gasteiger partial charge in [0, 0.05) is 7.05 Å². The van der Waals surface area contributed by atoms with Gasteiger partial charge in [0.1, 0.15) is 5.75 Å². The summed E-state index contributed by atoms with van der Waals surface area (Å²) >= 11 is 0. The summed E-state index contributed by atoms with van der Waals surface area (Å²) in [7, 11) is 1.76. The van der Waals surface area contributed by atoms with E-state index in [2.05, 4.69) is 17.2 Å². The maximum atomic E-state index is 9.32. The summed E-state index contributed by atoms with van der Waals surface area (Å²) in [4.78, 5) is 0. The molecule has 0 saturated heterocycles. The standard InChI is InChI=1S/C9H12N2O/c1-7(10-2)11-8-5-3-4-6-9(8)12/h3-6,10-12H,1H2,2H3. The molecule has 0 aliphatic carbocycles. The highest BCUT2D eigenvalue weighted by Crippen LogP contribution is 2.21. The van der Waals surface area contributed by atoms with Gasteiger partial charge >= 0.3 is 0 Å². The normalized spacial score (nSPS) is 9.08. The Kier molecular flexibility index (Phi) is 2.58. The van der Waals surface area contributed by atoms with E-state index in [0.717, 1.165) is 0 Å². The first-order chi connectivity index (χ1) is 5.74. The molecule has 3 nitrogen and oxygen atoms in total. The van der Waals surface area contributed by atoms with Crippen molar-refractivity contribution in [1.82, 2.24) is 5.32 Å². The molecule has 12 heavy (non-hydrogen) atoms. The summed E-state index contributed by atoms with van der Waals surface area (Å²) in [6, 6.07) is 7.00. The van der Waals surface area contributed by atoms with Crippen LogP contribution in [0.15, 0.2) is 36.7 Å². The van der Waals surface area contributed by atoms with E-state index in [1.54, 1.807) is 25.2 Å². The zero-order chi connectivity index (χ0) is 8.97. The molecule has 3 N–H and O–H groups in total. The lowest BCUT2D eigenvalue weighted by Crippen LogP contribution is -2.12. The van der Waals surface area contributed by atoms with Gasteiger partial charge in [-0.2, -0.15) is 0 Å². The summed E-state index contributed by atoms with van der Waals surface area (Å²) in [5.74, 6) is 0.866. The van der Waals surface area contributed by atoms with Crippen molar-refractivity contribution < 1.29 is 5.11 Å². The zero-order valence-electron chi connectivity index (χ0n) is 6.96. The predicted molar refractivity (Wildman–Crippen MR) is 49.9 cm³/mol. The molecule has 0 aliphatic heterocycles. The molecule has 0 aromatic heterocycles. The lowest BCUT2D eigenvalue weighted by atomic mass is 10.3. The van der Waals surface area contributed by atoms with Crippen molar-refractivity contribution in [2.75, 3.05) is 12.4 Å². The average Bonchev–Trinajstić information content (AvgIpc) is 2.09. The van der Waals surface area contributed by atoms with Crippen LogP contribution < -0.4 is 10.6 Å². The SMILES string of the molecule is C=C(NC)Nc1ccccc1O. The third kappa shape index (κ3) is 1.92. The molecule has 0 atom stereocenters. The number of hydrogen-bond donors (Lipinski definition) is 3. The predicted octanol–water partition coefficient (Wildman–Crippen LogP) is 1.49. The van der Waals surface area contributed by atoms with Crippen molar-refractivity contribution >= 4 is 5.69 Å². The second-order valence-electron chi connectivity index (χ2n) is 2.37. The Labute approximate surface area is 71.7 Å². The van der Waals surface area contributed by atoms with Gasteiger partial charge in [-0.1, -0.05) is 18.7 Å². The molecular weight excluding hydrogens is 152 g/mol. The monoisotopic (exact) mass is 164 g/mol. The molecule has 0 amide bonds. The molecule has 0 bridgehead atoms. The number of phenolic OH excluding ortho intramolecular Hbond substituents is 1. The highest BCUT2D eigenvalue weighted by Gasteiger charge is 1.97. The fourth-order valence-electron chi connectivity index (χ4n) is 0.804. The number of aromatic hydroxyl groups is 1. The van der Waals surface area contributed by atoms with Gasteiger partial charge in [-0.05, 0) is 12.1 Å². The topological polar surface area (TPSA) is 44.3 Å². The number of hydrogen-bond acceptors (Lipinski definition) is 3. The van der Waals surface area contributed by atoms with Crippen molar-refractivity contribution in [2.24, 2.45) is 0 Å². The molecule has 0 heterocycles. The number of phenols is 1. The second-order valence-corrected chi connectivity index (χ2v) is 2.37. The first-order valence-corrected chi connectivity index (χ1v) is 3.65. The maximum absolute atomic E-state index is 9.32. The molecule has 1 rings (SSSR count). The van der Waals surface area contributed by atoms with Crippen LogP contribution in [0.4, 0.5) is 5.69 Å².